The topological polar surface area (TPSA) is 66.3 Å². The van der Waals surface area contributed by atoms with Crippen molar-refractivity contribution >= 4 is 22.6 Å². The van der Waals surface area contributed by atoms with Gasteiger partial charge in [-0.1, -0.05) is 0 Å². The van der Waals surface area contributed by atoms with Gasteiger partial charge in [-0.05, 0) is 20.8 Å². The fraction of sp³-hybridized carbons (Fsp3) is 0.667. The second kappa shape index (κ2) is 4.71. The number of carboxylic acids is 1. The van der Waals surface area contributed by atoms with Crippen molar-refractivity contribution in [1.29, 1.82) is 0 Å². The molecule has 0 unspecified atom stereocenters. The molecule has 0 aromatic carbocycles. The Balaban J connectivity index is 3.12. The van der Waals surface area contributed by atoms with Crippen LogP contribution in [0.2, 0.25) is 0 Å². The van der Waals surface area contributed by atoms with Crippen molar-refractivity contribution in [2.24, 2.45) is 0 Å². The normalized spacial score (nSPS) is 12.6. The highest BCUT2D eigenvalue weighted by atomic mass is 32.1. The number of nitrogens with zero attached hydrogens (tertiary/aromatic N) is 3. The summed E-state index contributed by atoms with van der Waals surface area (Å²) in [4.78, 5) is 15.7. The van der Waals surface area contributed by atoms with Crippen molar-refractivity contribution in [2.75, 3.05) is 11.4 Å². The third-order valence-corrected chi connectivity index (χ3v) is 3.15. The molecule has 5 nitrogen and oxygen atoms in total. The van der Waals surface area contributed by atoms with Gasteiger partial charge in [0.15, 0.2) is 0 Å². The summed E-state index contributed by atoms with van der Waals surface area (Å²) in [6.45, 7) is 4.64. The zero-order valence-corrected chi connectivity index (χ0v) is 10.8. The van der Waals surface area contributed by atoms with Gasteiger partial charge in [0.2, 0.25) is 11.0 Å². The number of carbonyl (C=O) groups is 1. The summed E-state index contributed by atoms with van der Waals surface area (Å²) in [5.74, 6) is -2.39. The van der Waals surface area contributed by atoms with Gasteiger partial charge < -0.3 is 10.0 Å². The van der Waals surface area contributed by atoms with Crippen LogP contribution in [0.4, 0.5) is 18.3 Å². The van der Waals surface area contributed by atoms with Gasteiger partial charge in [-0.25, -0.2) is 4.79 Å². The molecule has 1 heterocycles. The van der Waals surface area contributed by atoms with E-state index in [1.807, 2.05) is 0 Å². The second-order valence-corrected chi connectivity index (χ2v) is 4.74. The van der Waals surface area contributed by atoms with Crippen LogP contribution in [0.25, 0.3) is 0 Å². The van der Waals surface area contributed by atoms with Gasteiger partial charge in [0, 0.05) is 18.1 Å². The first-order valence-corrected chi connectivity index (χ1v) is 5.80. The van der Waals surface area contributed by atoms with E-state index in [0.717, 1.165) is 0 Å². The SMILES string of the molecule is CCN(c1nc(C(F)(F)F)ns1)C(C)(C)C(=O)O. The molecule has 9 heteroatoms. The highest BCUT2D eigenvalue weighted by molar-refractivity contribution is 7.09. The van der Waals surface area contributed by atoms with E-state index in [-0.39, 0.29) is 11.7 Å². The molecule has 0 aliphatic heterocycles. The molecule has 0 saturated heterocycles. The number of hydrogen-bond donors (Lipinski definition) is 1. The third-order valence-electron chi connectivity index (χ3n) is 2.41. The standard InChI is InChI=1S/C9H12F3N3O2S/c1-4-15(8(2,3)6(16)17)7-13-5(14-18-7)9(10,11)12/h4H2,1-3H3,(H,16,17). The van der Waals surface area contributed by atoms with Gasteiger partial charge in [0.1, 0.15) is 5.54 Å². The molecule has 0 radical (unpaired) electrons. The molecule has 0 spiro atoms. The average molecular weight is 283 g/mol. The van der Waals surface area contributed by atoms with Crippen LogP contribution in [0.5, 0.6) is 0 Å². The van der Waals surface area contributed by atoms with E-state index in [2.05, 4.69) is 9.36 Å². The summed E-state index contributed by atoms with van der Waals surface area (Å²) < 4.78 is 40.3. The first-order valence-electron chi connectivity index (χ1n) is 5.02. The number of carboxylic acid groups (broad SMARTS) is 1. The molecule has 0 bridgehead atoms. The molecule has 0 fully saturated rings. The molecule has 0 amide bonds. The number of aliphatic carboxylic acids is 1. The predicted octanol–water partition coefficient (Wildman–Crippen LogP) is 2.25. The van der Waals surface area contributed by atoms with Crippen LogP contribution >= 0.6 is 11.5 Å². The van der Waals surface area contributed by atoms with Gasteiger partial charge in [-0.3, -0.25) is 0 Å². The third kappa shape index (κ3) is 2.71. The van der Waals surface area contributed by atoms with E-state index in [1.54, 1.807) is 6.92 Å². The first kappa shape index (κ1) is 14.7. The molecule has 1 rings (SSSR count). The number of halogens is 3. The maximum absolute atomic E-state index is 12.4. The monoisotopic (exact) mass is 283 g/mol. The fourth-order valence-electron chi connectivity index (χ4n) is 1.33. The van der Waals surface area contributed by atoms with E-state index in [1.165, 1.54) is 18.7 Å². The summed E-state index contributed by atoms with van der Waals surface area (Å²) in [7, 11) is 0. The molecule has 1 aromatic heterocycles. The Labute approximate surface area is 105 Å². The van der Waals surface area contributed by atoms with Crippen LogP contribution in [0.3, 0.4) is 0 Å². The van der Waals surface area contributed by atoms with Crippen molar-refractivity contribution in [3.63, 3.8) is 0 Å². The van der Waals surface area contributed by atoms with Crippen LogP contribution in [0, 0.1) is 0 Å². The zero-order valence-electron chi connectivity index (χ0n) is 9.95. The van der Waals surface area contributed by atoms with Crippen molar-refractivity contribution < 1.29 is 23.1 Å². The minimum absolute atomic E-state index is 0.0581. The van der Waals surface area contributed by atoms with E-state index < -0.39 is 23.5 Å². The number of hydrogen-bond acceptors (Lipinski definition) is 5. The summed E-state index contributed by atoms with van der Waals surface area (Å²) in [6.07, 6.45) is -4.62. The largest absolute Gasteiger partial charge is 0.480 e. The average Bonchev–Trinajstić information content (AvgIpc) is 2.66. The van der Waals surface area contributed by atoms with Crippen LogP contribution in [-0.4, -0.2) is 32.5 Å². The summed E-state index contributed by atoms with van der Waals surface area (Å²) >= 11 is 0.535. The number of anilines is 1. The Morgan fingerprint density at radius 3 is 2.33 bits per heavy atom. The highest BCUT2D eigenvalue weighted by Gasteiger charge is 2.40. The van der Waals surface area contributed by atoms with Crippen molar-refractivity contribution in [1.82, 2.24) is 9.36 Å². The summed E-state index contributed by atoms with van der Waals surface area (Å²) in [6, 6.07) is 0. The maximum Gasteiger partial charge on any atom is 0.452 e. The van der Waals surface area contributed by atoms with Gasteiger partial charge in [0.05, 0.1) is 0 Å². The van der Waals surface area contributed by atoms with Crippen LogP contribution in [-0.2, 0) is 11.0 Å². The van der Waals surface area contributed by atoms with Crippen molar-refractivity contribution in [2.45, 2.75) is 32.5 Å². The van der Waals surface area contributed by atoms with Gasteiger partial charge in [-0.15, -0.1) is 0 Å². The van der Waals surface area contributed by atoms with Crippen molar-refractivity contribution in [3.05, 3.63) is 5.82 Å². The lowest BCUT2D eigenvalue weighted by atomic mass is 10.0. The van der Waals surface area contributed by atoms with E-state index in [9.17, 15) is 18.0 Å². The maximum atomic E-state index is 12.4. The minimum Gasteiger partial charge on any atom is -0.480 e. The van der Waals surface area contributed by atoms with Crippen LogP contribution in [0.15, 0.2) is 0 Å². The smallest absolute Gasteiger partial charge is 0.452 e. The lowest BCUT2D eigenvalue weighted by Crippen LogP contribution is -2.50. The molecule has 1 aromatic rings. The van der Waals surface area contributed by atoms with Gasteiger partial charge in [0.25, 0.3) is 0 Å². The molecule has 0 atom stereocenters. The quantitative estimate of drug-likeness (QED) is 0.918. The lowest BCUT2D eigenvalue weighted by molar-refractivity contribution is -0.144. The van der Waals surface area contributed by atoms with E-state index >= 15 is 0 Å². The zero-order chi connectivity index (χ0) is 14.1. The van der Waals surface area contributed by atoms with Crippen LogP contribution in [0.1, 0.15) is 26.6 Å². The number of rotatable bonds is 4. The van der Waals surface area contributed by atoms with Gasteiger partial charge in [-0.2, -0.15) is 22.5 Å². The first-order chi connectivity index (χ1) is 8.10. The summed E-state index contributed by atoms with van der Waals surface area (Å²) in [5, 5.41) is 9.01. The number of likely N-dealkylation sites (N-methyl/N-ethyl adjacent to an activating group) is 1. The summed E-state index contributed by atoms with van der Waals surface area (Å²) in [5.41, 5.74) is -1.35. The van der Waals surface area contributed by atoms with Crippen molar-refractivity contribution in [3.8, 4) is 0 Å². The molecule has 0 aliphatic rings. The molecule has 0 saturated carbocycles. The fourth-order valence-corrected chi connectivity index (χ4v) is 2.22. The minimum atomic E-state index is -4.62. The Hall–Kier alpha value is -1.38. The molecular weight excluding hydrogens is 271 g/mol. The Kier molecular flexibility index (Phi) is 3.84. The van der Waals surface area contributed by atoms with Gasteiger partial charge >= 0.3 is 12.1 Å². The molecule has 1 N–H and O–H groups in total. The predicted molar refractivity (Wildman–Crippen MR) is 59.6 cm³/mol. The second-order valence-electron chi connectivity index (χ2n) is 4.01. The number of aromatic nitrogens is 2. The number of alkyl halides is 3. The van der Waals surface area contributed by atoms with Crippen LogP contribution < -0.4 is 4.90 Å². The van der Waals surface area contributed by atoms with E-state index in [4.69, 9.17) is 5.11 Å². The molecule has 0 aliphatic carbocycles. The molecular formula is C9H12F3N3O2S. The lowest BCUT2D eigenvalue weighted by Gasteiger charge is -2.33. The molecule has 102 valence electrons. The molecule has 18 heavy (non-hydrogen) atoms. The Morgan fingerprint density at radius 2 is 2.00 bits per heavy atom. The van der Waals surface area contributed by atoms with E-state index in [0.29, 0.717) is 11.5 Å². The Morgan fingerprint density at radius 1 is 1.44 bits per heavy atom. The Bertz CT molecular complexity index is 445. The highest BCUT2D eigenvalue weighted by Crippen LogP contribution is 2.32.